The highest BCUT2D eigenvalue weighted by Crippen LogP contribution is 2.56. The Labute approximate surface area is 162 Å². The maximum absolute atomic E-state index is 14.3. The summed E-state index contributed by atoms with van der Waals surface area (Å²) >= 11 is 0. The van der Waals surface area contributed by atoms with Gasteiger partial charge in [0.1, 0.15) is 17.2 Å². The molecule has 28 heavy (non-hydrogen) atoms. The standard InChI is InChI=1S/C23H17O4P/c1-26-20-14-22(23(24)18-11-3-2-9-16(18)20)28(25)21-13-7-5-10-17(21)15-8-4-6-12-19(15)27-28/h2-14,24H,1H3. The van der Waals surface area contributed by atoms with Crippen LogP contribution in [0, 0.1) is 0 Å². The zero-order valence-electron chi connectivity index (χ0n) is 15.1. The van der Waals surface area contributed by atoms with E-state index in [4.69, 9.17) is 9.26 Å². The molecule has 1 aliphatic heterocycles. The summed E-state index contributed by atoms with van der Waals surface area (Å²) < 4.78 is 25.9. The van der Waals surface area contributed by atoms with E-state index in [1.165, 1.54) is 0 Å². The van der Waals surface area contributed by atoms with Gasteiger partial charge in [0.25, 0.3) is 0 Å². The molecule has 138 valence electrons. The number of benzene rings is 4. The van der Waals surface area contributed by atoms with Gasteiger partial charge in [0.05, 0.1) is 17.7 Å². The smallest absolute Gasteiger partial charge is 0.311 e. The summed E-state index contributed by atoms with van der Waals surface area (Å²) in [6.07, 6.45) is 0. The average molecular weight is 388 g/mol. The Morgan fingerprint density at radius 1 is 0.821 bits per heavy atom. The Kier molecular flexibility index (Phi) is 3.71. The van der Waals surface area contributed by atoms with Crippen molar-refractivity contribution in [2.75, 3.05) is 7.11 Å². The van der Waals surface area contributed by atoms with Gasteiger partial charge in [0.2, 0.25) is 0 Å². The maximum Gasteiger partial charge on any atom is 0.311 e. The van der Waals surface area contributed by atoms with Gasteiger partial charge in [-0.05, 0) is 23.8 Å². The van der Waals surface area contributed by atoms with Crippen LogP contribution in [-0.4, -0.2) is 12.2 Å². The number of hydrogen-bond acceptors (Lipinski definition) is 4. The SMILES string of the molecule is COc1cc(P2(=O)Oc3ccccc3-c3ccccc32)c(O)c2ccccc12. The van der Waals surface area contributed by atoms with Crippen LogP contribution in [-0.2, 0) is 4.57 Å². The van der Waals surface area contributed by atoms with E-state index in [0.29, 0.717) is 22.2 Å². The van der Waals surface area contributed by atoms with Crippen molar-refractivity contribution in [3.05, 3.63) is 78.9 Å². The fourth-order valence-corrected chi connectivity index (χ4v) is 6.17. The fourth-order valence-electron chi connectivity index (χ4n) is 3.80. The summed E-state index contributed by atoms with van der Waals surface area (Å²) in [7, 11) is -2.04. The first-order valence-electron chi connectivity index (χ1n) is 8.91. The molecule has 5 heteroatoms. The van der Waals surface area contributed by atoms with E-state index in [-0.39, 0.29) is 11.1 Å². The minimum Gasteiger partial charge on any atom is -0.506 e. The summed E-state index contributed by atoms with van der Waals surface area (Å²) in [6, 6.07) is 23.9. The molecule has 4 aromatic carbocycles. The summed E-state index contributed by atoms with van der Waals surface area (Å²) in [4.78, 5) is 0. The largest absolute Gasteiger partial charge is 0.506 e. The number of hydrogen-bond donors (Lipinski definition) is 1. The fraction of sp³-hybridized carbons (Fsp3) is 0.0435. The molecule has 4 nitrogen and oxygen atoms in total. The van der Waals surface area contributed by atoms with Gasteiger partial charge >= 0.3 is 7.37 Å². The number of ether oxygens (including phenoxy) is 1. The quantitative estimate of drug-likeness (QED) is 0.499. The summed E-state index contributed by atoms with van der Waals surface area (Å²) in [5, 5.41) is 13.2. The van der Waals surface area contributed by atoms with E-state index in [1.54, 1.807) is 31.4 Å². The lowest BCUT2D eigenvalue weighted by Gasteiger charge is -2.29. The Bertz CT molecular complexity index is 1280. The summed E-state index contributed by atoms with van der Waals surface area (Å²) in [5.74, 6) is 1.03. The van der Waals surface area contributed by atoms with Gasteiger partial charge in [-0.1, -0.05) is 60.7 Å². The highest BCUT2D eigenvalue weighted by atomic mass is 31.2. The van der Waals surface area contributed by atoms with Crippen LogP contribution in [0.25, 0.3) is 21.9 Å². The molecule has 5 rings (SSSR count). The van der Waals surface area contributed by atoms with Crippen LogP contribution in [0.3, 0.4) is 0 Å². The van der Waals surface area contributed by atoms with Gasteiger partial charge in [0, 0.05) is 16.3 Å². The van der Waals surface area contributed by atoms with Gasteiger partial charge in [-0.15, -0.1) is 0 Å². The van der Waals surface area contributed by atoms with Crippen LogP contribution in [0.4, 0.5) is 0 Å². The van der Waals surface area contributed by atoms with Crippen LogP contribution >= 0.6 is 7.37 Å². The molecule has 1 atom stereocenters. The van der Waals surface area contributed by atoms with Crippen molar-refractivity contribution in [2.45, 2.75) is 0 Å². The number of methoxy groups -OCH3 is 1. The molecule has 0 radical (unpaired) electrons. The third-order valence-corrected chi connectivity index (χ3v) is 7.57. The predicted octanol–water partition coefficient (Wildman–Crippen LogP) is 4.84. The molecule has 1 heterocycles. The zero-order chi connectivity index (χ0) is 19.3. The lowest BCUT2D eigenvalue weighted by atomic mass is 10.0. The Morgan fingerprint density at radius 2 is 1.46 bits per heavy atom. The lowest BCUT2D eigenvalue weighted by molar-refractivity contribution is 0.418. The normalized spacial score (nSPS) is 17.5. The molecular formula is C23H17O4P. The number of rotatable bonds is 2. The Morgan fingerprint density at radius 3 is 2.25 bits per heavy atom. The predicted molar refractivity (Wildman–Crippen MR) is 112 cm³/mol. The Balaban J connectivity index is 1.85. The third kappa shape index (κ3) is 2.28. The molecule has 4 aromatic rings. The number of phenols is 1. The molecule has 0 saturated heterocycles. The van der Waals surface area contributed by atoms with Crippen LogP contribution in [0.2, 0.25) is 0 Å². The van der Waals surface area contributed by atoms with Crippen molar-refractivity contribution < 1.29 is 18.9 Å². The maximum atomic E-state index is 14.3. The highest BCUT2D eigenvalue weighted by molar-refractivity contribution is 7.75. The van der Waals surface area contributed by atoms with Gasteiger partial charge in [-0.3, -0.25) is 4.57 Å². The monoisotopic (exact) mass is 388 g/mol. The van der Waals surface area contributed by atoms with Crippen LogP contribution in [0.15, 0.2) is 78.9 Å². The summed E-state index contributed by atoms with van der Waals surface area (Å²) in [6.45, 7) is 0. The number of para-hydroxylation sites is 1. The van der Waals surface area contributed by atoms with Crippen LogP contribution in [0.1, 0.15) is 0 Å². The topological polar surface area (TPSA) is 55.8 Å². The number of aromatic hydroxyl groups is 1. The number of fused-ring (bicyclic) bond motifs is 4. The summed E-state index contributed by atoms with van der Waals surface area (Å²) in [5.41, 5.74) is 1.73. The van der Waals surface area contributed by atoms with Crippen molar-refractivity contribution in [3.8, 4) is 28.4 Å². The van der Waals surface area contributed by atoms with Gasteiger partial charge in [-0.2, -0.15) is 0 Å². The van der Waals surface area contributed by atoms with Crippen molar-refractivity contribution in [3.63, 3.8) is 0 Å². The molecule has 1 N–H and O–H groups in total. The molecule has 0 aromatic heterocycles. The van der Waals surface area contributed by atoms with E-state index in [2.05, 4.69) is 0 Å². The number of phenolic OH excluding ortho intramolecular Hbond substituents is 1. The second-order valence-corrected chi connectivity index (χ2v) is 8.90. The molecule has 0 fully saturated rings. The van der Waals surface area contributed by atoms with Gasteiger partial charge in [0.15, 0.2) is 0 Å². The molecule has 0 saturated carbocycles. The minimum atomic E-state index is -3.60. The van der Waals surface area contributed by atoms with E-state index in [0.717, 1.165) is 16.5 Å². The molecule has 0 amide bonds. The third-order valence-electron chi connectivity index (χ3n) is 5.12. The van der Waals surface area contributed by atoms with Crippen molar-refractivity contribution in [1.82, 2.24) is 0 Å². The average Bonchev–Trinajstić information content (AvgIpc) is 2.74. The molecule has 0 bridgehead atoms. The van der Waals surface area contributed by atoms with E-state index < -0.39 is 7.37 Å². The minimum absolute atomic E-state index is 0.0473. The highest BCUT2D eigenvalue weighted by Gasteiger charge is 2.40. The van der Waals surface area contributed by atoms with E-state index in [1.807, 2.05) is 54.6 Å². The second kappa shape index (κ2) is 6.15. The molecular weight excluding hydrogens is 371 g/mol. The molecule has 0 spiro atoms. The van der Waals surface area contributed by atoms with Crippen LogP contribution < -0.4 is 19.9 Å². The molecule has 1 unspecified atom stereocenters. The molecule has 0 aliphatic carbocycles. The first-order valence-corrected chi connectivity index (χ1v) is 10.5. The van der Waals surface area contributed by atoms with Crippen molar-refractivity contribution in [1.29, 1.82) is 0 Å². The van der Waals surface area contributed by atoms with E-state index >= 15 is 0 Å². The van der Waals surface area contributed by atoms with Gasteiger partial charge in [-0.25, -0.2) is 0 Å². The van der Waals surface area contributed by atoms with E-state index in [9.17, 15) is 9.67 Å². The van der Waals surface area contributed by atoms with Gasteiger partial charge < -0.3 is 14.4 Å². The first-order chi connectivity index (χ1) is 13.6. The molecule has 1 aliphatic rings. The van der Waals surface area contributed by atoms with Crippen LogP contribution in [0.5, 0.6) is 17.2 Å². The second-order valence-electron chi connectivity index (χ2n) is 6.65. The lowest BCUT2D eigenvalue weighted by Crippen LogP contribution is -2.25. The zero-order valence-corrected chi connectivity index (χ0v) is 16.0. The first kappa shape index (κ1) is 16.9. The Hall–Kier alpha value is -3.23. The van der Waals surface area contributed by atoms with Crippen molar-refractivity contribution in [2.24, 2.45) is 0 Å². The van der Waals surface area contributed by atoms with Crippen molar-refractivity contribution >= 4 is 28.8 Å².